The van der Waals surface area contributed by atoms with Crippen molar-refractivity contribution in [2.75, 3.05) is 0 Å². The van der Waals surface area contributed by atoms with Gasteiger partial charge in [0.2, 0.25) is 0 Å². The van der Waals surface area contributed by atoms with Crippen LogP contribution in [0, 0.1) is 6.92 Å². The Morgan fingerprint density at radius 1 is 1.24 bits per heavy atom. The number of alkyl halides is 1. The summed E-state index contributed by atoms with van der Waals surface area (Å²) in [5.74, 6) is 0. The summed E-state index contributed by atoms with van der Waals surface area (Å²) in [5.41, 5.74) is 3.92. The molecule has 110 valence electrons. The first-order valence-electron chi connectivity index (χ1n) is 6.44. The molecule has 1 unspecified atom stereocenters. The largest absolute Gasteiger partial charge is 0.328 e. The first kappa shape index (κ1) is 14.9. The minimum atomic E-state index is -0.223. The molecule has 1 aromatic carbocycles. The van der Waals surface area contributed by atoms with Crippen LogP contribution in [0.15, 0.2) is 32.8 Å². The van der Waals surface area contributed by atoms with Crippen molar-refractivity contribution in [2.45, 2.75) is 12.3 Å². The second-order valence-electron chi connectivity index (χ2n) is 5.09. The SMILES string of the molecule is Cc1ccsc1C(Cl)c1cc2c(cc1Br)n(C)c(=O)n2C. The van der Waals surface area contributed by atoms with Gasteiger partial charge in [0.15, 0.2) is 0 Å². The molecule has 1 atom stereocenters. The lowest BCUT2D eigenvalue weighted by atomic mass is 10.1. The molecular formula is C15H14BrClN2OS. The summed E-state index contributed by atoms with van der Waals surface area (Å²) in [6.45, 7) is 2.06. The van der Waals surface area contributed by atoms with E-state index in [2.05, 4.69) is 28.9 Å². The molecule has 0 radical (unpaired) electrons. The Morgan fingerprint density at radius 3 is 2.43 bits per heavy atom. The first-order valence-corrected chi connectivity index (χ1v) is 8.55. The number of thiophene rings is 1. The maximum Gasteiger partial charge on any atom is 0.328 e. The van der Waals surface area contributed by atoms with Crippen molar-refractivity contribution in [1.82, 2.24) is 9.13 Å². The van der Waals surface area contributed by atoms with E-state index in [1.807, 2.05) is 17.5 Å². The van der Waals surface area contributed by atoms with E-state index >= 15 is 0 Å². The van der Waals surface area contributed by atoms with E-state index in [4.69, 9.17) is 11.6 Å². The molecule has 0 aliphatic heterocycles. The molecule has 0 saturated heterocycles. The van der Waals surface area contributed by atoms with Gasteiger partial charge in [-0.2, -0.15) is 0 Å². The van der Waals surface area contributed by atoms with Crippen LogP contribution in [0.5, 0.6) is 0 Å². The quantitative estimate of drug-likeness (QED) is 0.603. The average Bonchev–Trinajstić information content (AvgIpc) is 2.97. The number of imidazole rings is 1. The first-order chi connectivity index (χ1) is 9.91. The maximum absolute atomic E-state index is 12.0. The Labute approximate surface area is 139 Å². The molecule has 0 fully saturated rings. The number of aryl methyl sites for hydroxylation is 3. The van der Waals surface area contributed by atoms with Gasteiger partial charge in [-0.3, -0.25) is 9.13 Å². The van der Waals surface area contributed by atoms with Crippen LogP contribution in [0.3, 0.4) is 0 Å². The monoisotopic (exact) mass is 384 g/mol. The molecule has 2 heterocycles. The molecular weight excluding hydrogens is 372 g/mol. The van der Waals surface area contributed by atoms with Gasteiger partial charge in [0.1, 0.15) is 0 Å². The Morgan fingerprint density at radius 2 is 1.86 bits per heavy atom. The summed E-state index contributed by atoms with van der Waals surface area (Å²) in [4.78, 5) is 13.2. The third-order valence-corrected chi connectivity index (χ3v) is 6.15. The zero-order valence-corrected chi connectivity index (χ0v) is 15.0. The third-order valence-electron chi connectivity index (χ3n) is 3.80. The van der Waals surface area contributed by atoms with Crippen LogP contribution in [0.4, 0.5) is 0 Å². The van der Waals surface area contributed by atoms with Gasteiger partial charge in [-0.15, -0.1) is 22.9 Å². The average molecular weight is 386 g/mol. The van der Waals surface area contributed by atoms with Gasteiger partial charge >= 0.3 is 5.69 Å². The molecule has 0 amide bonds. The molecule has 0 spiro atoms. The van der Waals surface area contributed by atoms with Gasteiger partial charge in [-0.05, 0) is 41.6 Å². The summed E-state index contributed by atoms with van der Waals surface area (Å²) in [6, 6.07) is 6.03. The number of benzene rings is 1. The van der Waals surface area contributed by atoms with Crippen LogP contribution < -0.4 is 5.69 Å². The molecule has 0 bridgehead atoms. The minimum Gasteiger partial charge on any atom is -0.295 e. The molecule has 0 N–H and O–H groups in total. The van der Waals surface area contributed by atoms with Crippen LogP contribution >= 0.6 is 38.9 Å². The molecule has 21 heavy (non-hydrogen) atoms. The zero-order valence-electron chi connectivity index (χ0n) is 11.9. The van der Waals surface area contributed by atoms with Crippen LogP contribution in [-0.4, -0.2) is 9.13 Å². The molecule has 0 aliphatic carbocycles. The summed E-state index contributed by atoms with van der Waals surface area (Å²) >= 11 is 11.9. The smallest absolute Gasteiger partial charge is 0.295 e. The van der Waals surface area contributed by atoms with Crippen molar-refractivity contribution in [2.24, 2.45) is 14.1 Å². The lowest BCUT2D eigenvalue weighted by Gasteiger charge is -2.12. The van der Waals surface area contributed by atoms with Crippen molar-refractivity contribution < 1.29 is 0 Å². The Balaban J connectivity index is 2.24. The lowest BCUT2D eigenvalue weighted by Crippen LogP contribution is -2.19. The van der Waals surface area contributed by atoms with E-state index < -0.39 is 0 Å². The summed E-state index contributed by atoms with van der Waals surface area (Å²) < 4.78 is 4.21. The predicted molar refractivity (Wildman–Crippen MR) is 92.6 cm³/mol. The van der Waals surface area contributed by atoms with Crippen molar-refractivity contribution in [3.8, 4) is 0 Å². The van der Waals surface area contributed by atoms with Crippen LogP contribution in [-0.2, 0) is 14.1 Å². The highest BCUT2D eigenvalue weighted by Gasteiger charge is 2.20. The normalized spacial score (nSPS) is 13.0. The molecule has 3 rings (SSSR count). The van der Waals surface area contributed by atoms with E-state index in [1.54, 1.807) is 34.6 Å². The van der Waals surface area contributed by atoms with Crippen molar-refractivity contribution in [3.63, 3.8) is 0 Å². The molecule has 3 aromatic rings. The van der Waals surface area contributed by atoms with E-state index in [-0.39, 0.29) is 11.1 Å². The highest BCUT2D eigenvalue weighted by atomic mass is 79.9. The van der Waals surface area contributed by atoms with Crippen molar-refractivity contribution >= 4 is 49.9 Å². The Kier molecular flexibility index (Phi) is 3.76. The van der Waals surface area contributed by atoms with E-state index in [0.717, 1.165) is 25.9 Å². The van der Waals surface area contributed by atoms with Gasteiger partial charge in [-0.1, -0.05) is 15.9 Å². The number of hydrogen-bond donors (Lipinski definition) is 0. The summed E-state index contributed by atoms with van der Waals surface area (Å²) in [5, 5.41) is 1.82. The van der Waals surface area contributed by atoms with Crippen LogP contribution in [0.25, 0.3) is 11.0 Å². The molecule has 3 nitrogen and oxygen atoms in total. The minimum absolute atomic E-state index is 0.0347. The van der Waals surface area contributed by atoms with Gasteiger partial charge in [-0.25, -0.2) is 4.79 Å². The molecule has 0 saturated carbocycles. The summed E-state index contributed by atoms with van der Waals surface area (Å²) in [7, 11) is 3.56. The molecule has 0 aliphatic rings. The number of aromatic nitrogens is 2. The standard InChI is InChI=1S/C15H14BrClN2OS/c1-8-4-5-21-14(8)13(17)9-6-11-12(7-10(9)16)19(3)15(20)18(11)2/h4-7,13H,1-3H3. The number of fused-ring (bicyclic) bond motifs is 1. The van der Waals surface area contributed by atoms with Crippen LogP contribution in [0.2, 0.25) is 0 Å². The second kappa shape index (κ2) is 5.30. The fraction of sp³-hybridized carbons (Fsp3) is 0.267. The van der Waals surface area contributed by atoms with Crippen molar-refractivity contribution in [1.29, 1.82) is 0 Å². The van der Waals surface area contributed by atoms with Gasteiger partial charge < -0.3 is 0 Å². The van der Waals surface area contributed by atoms with E-state index in [9.17, 15) is 4.79 Å². The Bertz CT molecular complexity index is 893. The van der Waals surface area contributed by atoms with E-state index in [0.29, 0.717) is 0 Å². The zero-order chi connectivity index (χ0) is 15.3. The maximum atomic E-state index is 12.0. The predicted octanol–water partition coefficient (Wildman–Crippen LogP) is 4.34. The number of halogens is 2. The highest BCUT2D eigenvalue weighted by molar-refractivity contribution is 9.10. The third kappa shape index (κ3) is 2.28. The van der Waals surface area contributed by atoms with Crippen LogP contribution in [0.1, 0.15) is 21.4 Å². The second-order valence-corrected chi connectivity index (χ2v) is 7.33. The lowest BCUT2D eigenvalue weighted by molar-refractivity contribution is 0.795. The Hall–Kier alpha value is -1.04. The fourth-order valence-corrected chi connectivity index (χ4v) is 4.63. The highest BCUT2D eigenvalue weighted by Crippen LogP contribution is 2.39. The molecule has 6 heteroatoms. The summed E-state index contributed by atoms with van der Waals surface area (Å²) in [6.07, 6.45) is 0. The topological polar surface area (TPSA) is 26.9 Å². The molecule has 2 aromatic heterocycles. The van der Waals surface area contributed by atoms with Gasteiger partial charge in [0, 0.05) is 23.4 Å². The van der Waals surface area contributed by atoms with E-state index in [1.165, 1.54) is 5.56 Å². The fourth-order valence-electron chi connectivity index (χ4n) is 2.52. The van der Waals surface area contributed by atoms with Crippen molar-refractivity contribution in [3.05, 3.63) is 54.5 Å². The number of hydrogen-bond acceptors (Lipinski definition) is 2. The number of rotatable bonds is 2. The van der Waals surface area contributed by atoms with Gasteiger partial charge in [0.25, 0.3) is 0 Å². The van der Waals surface area contributed by atoms with Gasteiger partial charge in [0.05, 0.1) is 16.4 Å². The number of nitrogens with zero attached hydrogens (tertiary/aromatic N) is 2.